The molecule has 1 amide bonds. The first kappa shape index (κ1) is 13.6. The Bertz CT molecular complexity index is 550. The predicted octanol–water partition coefficient (Wildman–Crippen LogP) is 3.35. The summed E-state index contributed by atoms with van der Waals surface area (Å²) < 4.78 is 0. The lowest BCUT2D eigenvalue weighted by molar-refractivity contribution is -0.119. The third kappa shape index (κ3) is 1.96. The maximum Gasteiger partial charge on any atom is 0.234 e. The molecule has 1 heterocycles. The Morgan fingerprint density at radius 1 is 1.35 bits per heavy atom. The van der Waals surface area contributed by atoms with Crippen molar-refractivity contribution in [3.8, 4) is 0 Å². The van der Waals surface area contributed by atoms with Crippen molar-refractivity contribution in [2.24, 2.45) is 17.6 Å². The number of rotatable bonds is 2. The Balaban J connectivity index is 1.94. The molecule has 1 fully saturated rings. The topological polar surface area (TPSA) is 55.1 Å². The molecule has 1 aromatic rings. The van der Waals surface area contributed by atoms with Crippen LogP contribution < -0.4 is 11.1 Å². The third-order valence-electron chi connectivity index (χ3n) is 5.31. The molecule has 3 unspecified atom stereocenters. The lowest BCUT2D eigenvalue weighted by Gasteiger charge is -2.25. The van der Waals surface area contributed by atoms with E-state index in [2.05, 4.69) is 24.4 Å². The third-order valence-corrected chi connectivity index (χ3v) is 5.31. The van der Waals surface area contributed by atoms with Crippen LogP contribution in [-0.2, 0) is 10.2 Å². The first-order valence-electron chi connectivity index (χ1n) is 7.62. The molecular weight excluding hydrogens is 248 g/mol. The van der Waals surface area contributed by atoms with E-state index in [0.717, 1.165) is 11.3 Å². The van der Waals surface area contributed by atoms with Gasteiger partial charge >= 0.3 is 0 Å². The van der Waals surface area contributed by atoms with Crippen LogP contribution in [0.1, 0.15) is 57.2 Å². The number of carbonyl (C=O) groups excluding carboxylic acids is 1. The van der Waals surface area contributed by atoms with E-state index in [9.17, 15) is 4.79 Å². The summed E-state index contributed by atoms with van der Waals surface area (Å²) in [5, 5.41) is 2.95. The number of anilines is 1. The van der Waals surface area contributed by atoms with Crippen LogP contribution in [0.4, 0.5) is 5.69 Å². The van der Waals surface area contributed by atoms with Crippen LogP contribution in [0.5, 0.6) is 0 Å². The predicted molar refractivity (Wildman–Crippen MR) is 81.5 cm³/mol. The quantitative estimate of drug-likeness (QED) is 0.867. The van der Waals surface area contributed by atoms with E-state index in [1.54, 1.807) is 0 Å². The smallest absolute Gasteiger partial charge is 0.234 e. The number of fused-ring (bicyclic) bond motifs is 1. The number of hydrogen-bond donors (Lipinski definition) is 2. The van der Waals surface area contributed by atoms with Crippen LogP contribution in [0.15, 0.2) is 18.2 Å². The highest BCUT2D eigenvalue weighted by molar-refractivity contribution is 6.05. The van der Waals surface area contributed by atoms with Gasteiger partial charge in [-0.2, -0.15) is 0 Å². The van der Waals surface area contributed by atoms with Gasteiger partial charge in [-0.15, -0.1) is 0 Å². The number of carbonyl (C=O) groups is 1. The molecule has 108 valence electrons. The van der Waals surface area contributed by atoms with Gasteiger partial charge in [-0.1, -0.05) is 31.9 Å². The maximum absolute atomic E-state index is 12.0. The molecule has 3 N–H and O–H groups in total. The molecule has 2 aliphatic rings. The molecule has 3 atom stereocenters. The van der Waals surface area contributed by atoms with Crippen LogP contribution in [0.25, 0.3) is 0 Å². The van der Waals surface area contributed by atoms with Gasteiger partial charge < -0.3 is 11.1 Å². The zero-order valence-electron chi connectivity index (χ0n) is 12.6. The van der Waals surface area contributed by atoms with Crippen molar-refractivity contribution in [1.82, 2.24) is 0 Å². The molecule has 3 nitrogen and oxygen atoms in total. The largest absolute Gasteiger partial charge is 0.325 e. The van der Waals surface area contributed by atoms with Crippen molar-refractivity contribution in [1.29, 1.82) is 0 Å². The van der Waals surface area contributed by atoms with Gasteiger partial charge in [0, 0.05) is 11.7 Å². The first-order valence-corrected chi connectivity index (χ1v) is 7.62. The number of hydrogen-bond acceptors (Lipinski definition) is 2. The van der Waals surface area contributed by atoms with Gasteiger partial charge in [0.2, 0.25) is 5.91 Å². The molecule has 0 bridgehead atoms. The van der Waals surface area contributed by atoms with Crippen molar-refractivity contribution in [2.45, 2.75) is 51.5 Å². The van der Waals surface area contributed by atoms with Crippen LogP contribution in [0.2, 0.25) is 0 Å². The van der Waals surface area contributed by atoms with E-state index in [1.165, 1.54) is 24.8 Å². The van der Waals surface area contributed by atoms with Crippen molar-refractivity contribution < 1.29 is 4.79 Å². The van der Waals surface area contributed by atoms with Crippen molar-refractivity contribution >= 4 is 11.6 Å². The Morgan fingerprint density at radius 3 is 2.75 bits per heavy atom. The average Bonchev–Trinajstić information content (AvgIpc) is 2.92. The normalized spacial score (nSPS) is 29.1. The second-order valence-corrected chi connectivity index (χ2v) is 6.98. The van der Waals surface area contributed by atoms with Gasteiger partial charge in [-0.25, -0.2) is 0 Å². The summed E-state index contributed by atoms with van der Waals surface area (Å²) in [6, 6.07) is 6.32. The molecule has 1 aromatic carbocycles. The standard InChI is InChI=1S/C17H24N2O/c1-10-5-4-6-12(10)15(18)11-7-8-14-13(9-11)17(2,3)16(20)19-14/h7-10,12,15H,4-6,18H2,1-3H3,(H,19,20). The molecular formula is C17H24N2O. The van der Waals surface area contributed by atoms with E-state index in [-0.39, 0.29) is 11.9 Å². The summed E-state index contributed by atoms with van der Waals surface area (Å²) in [5.74, 6) is 1.35. The number of amides is 1. The summed E-state index contributed by atoms with van der Waals surface area (Å²) in [4.78, 5) is 12.0. The molecule has 1 aliphatic carbocycles. The fourth-order valence-corrected chi connectivity index (χ4v) is 3.75. The highest BCUT2D eigenvalue weighted by atomic mass is 16.2. The van der Waals surface area contributed by atoms with Crippen molar-refractivity contribution in [2.75, 3.05) is 5.32 Å². The molecule has 0 saturated heterocycles. The number of nitrogens with one attached hydrogen (secondary N) is 1. The molecule has 3 rings (SSSR count). The van der Waals surface area contributed by atoms with Gasteiger partial charge in [-0.05, 0) is 49.3 Å². The Morgan fingerprint density at radius 2 is 2.10 bits per heavy atom. The Hall–Kier alpha value is -1.35. The molecule has 3 heteroatoms. The minimum atomic E-state index is -0.452. The summed E-state index contributed by atoms with van der Waals surface area (Å²) in [7, 11) is 0. The minimum Gasteiger partial charge on any atom is -0.325 e. The Kier molecular flexibility index (Phi) is 3.13. The number of nitrogens with two attached hydrogens (primary N) is 1. The monoisotopic (exact) mass is 272 g/mol. The van der Waals surface area contributed by atoms with Gasteiger partial charge in [-0.3, -0.25) is 4.79 Å². The van der Waals surface area contributed by atoms with Crippen LogP contribution in [0, 0.1) is 11.8 Å². The van der Waals surface area contributed by atoms with Crippen LogP contribution in [-0.4, -0.2) is 5.91 Å². The second-order valence-electron chi connectivity index (χ2n) is 6.98. The average molecular weight is 272 g/mol. The van der Waals surface area contributed by atoms with Gasteiger partial charge in [0.1, 0.15) is 0 Å². The SMILES string of the molecule is CC1CCCC1C(N)c1ccc2c(c1)C(C)(C)C(=O)N2. The number of benzene rings is 1. The molecule has 0 aromatic heterocycles. The van der Waals surface area contributed by atoms with E-state index in [4.69, 9.17) is 5.73 Å². The minimum absolute atomic E-state index is 0.0763. The van der Waals surface area contributed by atoms with Crippen LogP contribution in [0.3, 0.4) is 0 Å². The van der Waals surface area contributed by atoms with Crippen molar-refractivity contribution in [3.63, 3.8) is 0 Å². The maximum atomic E-state index is 12.0. The summed E-state index contributed by atoms with van der Waals surface area (Å²) in [5.41, 5.74) is 9.25. The van der Waals surface area contributed by atoms with E-state index in [0.29, 0.717) is 11.8 Å². The molecule has 20 heavy (non-hydrogen) atoms. The van der Waals surface area contributed by atoms with E-state index in [1.807, 2.05) is 19.9 Å². The summed E-state index contributed by atoms with van der Waals surface area (Å²) >= 11 is 0. The van der Waals surface area contributed by atoms with Gasteiger partial charge in [0.25, 0.3) is 0 Å². The second kappa shape index (κ2) is 4.59. The first-order chi connectivity index (χ1) is 9.41. The fourth-order valence-electron chi connectivity index (χ4n) is 3.75. The fraction of sp³-hybridized carbons (Fsp3) is 0.588. The van der Waals surface area contributed by atoms with E-state index < -0.39 is 5.41 Å². The van der Waals surface area contributed by atoms with Crippen LogP contribution >= 0.6 is 0 Å². The van der Waals surface area contributed by atoms with Gasteiger partial charge in [0.05, 0.1) is 5.41 Å². The molecule has 0 radical (unpaired) electrons. The highest BCUT2D eigenvalue weighted by Crippen LogP contribution is 2.42. The zero-order chi connectivity index (χ0) is 14.5. The molecule has 1 aliphatic heterocycles. The Labute approximate surface area is 120 Å². The lowest BCUT2D eigenvalue weighted by atomic mass is 9.82. The zero-order valence-corrected chi connectivity index (χ0v) is 12.6. The molecule has 0 spiro atoms. The van der Waals surface area contributed by atoms with E-state index >= 15 is 0 Å². The highest BCUT2D eigenvalue weighted by Gasteiger charge is 2.39. The van der Waals surface area contributed by atoms with Crippen molar-refractivity contribution in [3.05, 3.63) is 29.3 Å². The lowest BCUT2D eigenvalue weighted by Crippen LogP contribution is -2.27. The molecule has 1 saturated carbocycles. The summed E-state index contributed by atoms with van der Waals surface area (Å²) in [6.45, 7) is 6.25. The summed E-state index contributed by atoms with van der Waals surface area (Å²) in [6.07, 6.45) is 3.80. The van der Waals surface area contributed by atoms with Gasteiger partial charge in [0.15, 0.2) is 0 Å².